The van der Waals surface area contributed by atoms with Gasteiger partial charge in [0.1, 0.15) is 5.15 Å². The van der Waals surface area contributed by atoms with Gasteiger partial charge in [0.15, 0.2) is 0 Å². The number of pyridine rings is 1. The number of hydrogen-bond donors (Lipinski definition) is 1. The van der Waals surface area contributed by atoms with E-state index in [0.717, 1.165) is 31.9 Å². The van der Waals surface area contributed by atoms with Crippen LogP contribution in [0.5, 0.6) is 0 Å². The molecule has 0 radical (unpaired) electrons. The van der Waals surface area contributed by atoms with Crippen molar-refractivity contribution < 1.29 is 4.79 Å². The Bertz CT molecular complexity index is 484. The van der Waals surface area contributed by atoms with Crippen LogP contribution in [0.4, 0.5) is 0 Å². The van der Waals surface area contributed by atoms with Gasteiger partial charge in [0, 0.05) is 37.4 Å². The van der Waals surface area contributed by atoms with E-state index in [-0.39, 0.29) is 11.8 Å². The number of hydrogen-bond acceptors (Lipinski definition) is 4. The Morgan fingerprint density at radius 1 is 1.30 bits per heavy atom. The van der Waals surface area contributed by atoms with E-state index in [4.69, 9.17) is 11.6 Å². The van der Waals surface area contributed by atoms with E-state index < -0.39 is 0 Å². The van der Waals surface area contributed by atoms with Gasteiger partial charge in [-0.25, -0.2) is 9.99 Å². The van der Waals surface area contributed by atoms with Crippen LogP contribution in [0.3, 0.4) is 0 Å². The number of piperazine rings is 1. The van der Waals surface area contributed by atoms with Crippen LogP contribution in [-0.2, 0) is 0 Å². The molecule has 0 atom stereocenters. The number of nitrogens with one attached hydrogen (secondary N) is 1. The molecule has 1 aliphatic rings. The lowest BCUT2D eigenvalue weighted by atomic mass is 10.1. The van der Waals surface area contributed by atoms with E-state index in [0.29, 0.717) is 10.7 Å². The molecule has 1 aromatic rings. The summed E-state index contributed by atoms with van der Waals surface area (Å²) in [5.74, 6) is 0.115. The summed E-state index contributed by atoms with van der Waals surface area (Å²) in [4.78, 5) is 18.7. The Morgan fingerprint density at radius 2 is 1.95 bits per heavy atom. The largest absolute Gasteiger partial charge is 0.304 e. The van der Waals surface area contributed by atoms with Crippen LogP contribution in [0.15, 0.2) is 12.1 Å². The second-order valence-corrected chi connectivity index (χ2v) is 5.88. The molecule has 20 heavy (non-hydrogen) atoms. The zero-order valence-corrected chi connectivity index (χ0v) is 12.9. The van der Waals surface area contributed by atoms with Crippen LogP contribution in [0.25, 0.3) is 0 Å². The molecule has 1 fully saturated rings. The average molecular weight is 297 g/mol. The zero-order valence-electron chi connectivity index (χ0n) is 12.2. The lowest BCUT2D eigenvalue weighted by Gasteiger charge is -2.32. The molecule has 110 valence electrons. The highest BCUT2D eigenvalue weighted by Gasteiger charge is 2.17. The molecule has 6 heteroatoms. The normalized spacial score (nSPS) is 17.4. The second-order valence-electron chi connectivity index (χ2n) is 5.49. The summed E-state index contributed by atoms with van der Waals surface area (Å²) in [7, 11) is 2.08. The van der Waals surface area contributed by atoms with Crippen molar-refractivity contribution in [2.24, 2.45) is 0 Å². The Labute approximate surface area is 124 Å². The highest BCUT2D eigenvalue weighted by molar-refractivity contribution is 6.29. The fraction of sp³-hybridized carbons (Fsp3) is 0.571. The monoisotopic (exact) mass is 296 g/mol. The van der Waals surface area contributed by atoms with Gasteiger partial charge < -0.3 is 4.90 Å². The van der Waals surface area contributed by atoms with Gasteiger partial charge in [-0.1, -0.05) is 25.4 Å². The predicted octanol–water partition coefficient (Wildman–Crippen LogP) is 1.75. The molecule has 5 nitrogen and oxygen atoms in total. The number of rotatable bonds is 3. The van der Waals surface area contributed by atoms with Gasteiger partial charge in [-0.3, -0.25) is 10.2 Å². The Kier molecular flexibility index (Phi) is 4.96. The molecule has 0 aromatic carbocycles. The Balaban J connectivity index is 2.05. The van der Waals surface area contributed by atoms with Crippen molar-refractivity contribution in [3.8, 4) is 0 Å². The van der Waals surface area contributed by atoms with Gasteiger partial charge in [-0.05, 0) is 25.1 Å². The third-order valence-corrected chi connectivity index (χ3v) is 3.62. The first-order valence-corrected chi connectivity index (χ1v) is 7.25. The summed E-state index contributed by atoms with van der Waals surface area (Å²) in [5, 5.41) is 2.31. The molecule has 2 rings (SSSR count). The number of aromatic nitrogens is 1. The standard InChI is InChI=1S/C14H21ClN4O/c1-10(2)12-8-11(9-13(15)16-12)14(20)17-19-6-4-18(3)5-7-19/h8-10H,4-7H2,1-3H3,(H,17,20). The molecule has 0 spiro atoms. The Morgan fingerprint density at radius 3 is 2.55 bits per heavy atom. The number of amides is 1. The first-order valence-electron chi connectivity index (χ1n) is 6.87. The van der Waals surface area contributed by atoms with Crippen molar-refractivity contribution in [3.05, 3.63) is 28.5 Å². The molecule has 1 aliphatic heterocycles. The van der Waals surface area contributed by atoms with E-state index in [1.165, 1.54) is 0 Å². The maximum absolute atomic E-state index is 12.3. The average Bonchev–Trinajstić information content (AvgIpc) is 2.40. The molecular weight excluding hydrogens is 276 g/mol. The number of hydrazine groups is 1. The van der Waals surface area contributed by atoms with E-state index in [9.17, 15) is 4.79 Å². The highest BCUT2D eigenvalue weighted by atomic mass is 35.5. The van der Waals surface area contributed by atoms with E-state index in [1.807, 2.05) is 24.9 Å². The summed E-state index contributed by atoms with van der Waals surface area (Å²) in [5.41, 5.74) is 4.33. The maximum atomic E-state index is 12.3. The topological polar surface area (TPSA) is 48.5 Å². The minimum absolute atomic E-state index is 0.124. The number of halogens is 1. The quantitative estimate of drug-likeness (QED) is 0.864. The minimum atomic E-state index is -0.124. The molecule has 0 bridgehead atoms. The van der Waals surface area contributed by atoms with Crippen LogP contribution >= 0.6 is 11.6 Å². The molecule has 1 N–H and O–H groups in total. The van der Waals surface area contributed by atoms with Crippen molar-refractivity contribution >= 4 is 17.5 Å². The van der Waals surface area contributed by atoms with Crippen LogP contribution in [0, 0.1) is 0 Å². The van der Waals surface area contributed by atoms with Gasteiger partial charge in [-0.15, -0.1) is 0 Å². The molecule has 1 amide bonds. The molecule has 1 aromatic heterocycles. The highest BCUT2D eigenvalue weighted by Crippen LogP contribution is 2.17. The fourth-order valence-electron chi connectivity index (χ4n) is 2.07. The predicted molar refractivity (Wildman–Crippen MR) is 79.9 cm³/mol. The molecule has 2 heterocycles. The molecule has 0 saturated carbocycles. The van der Waals surface area contributed by atoms with Gasteiger partial charge in [0.05, 0.1) is 0 Å². The van der Waals surface area contributed by atoms with Crippen molar-refractivity contribution in [1.82, 2.24) is 20.3 Å². The van der Waals surface area contributed by atoms with Crippen molar-refractivity contribution in [1.29, 1.82) is 0 Å². The van der Waals surface area contributed by atoms with Crippen molar-refractivity contribution in [2.75, 3.05) is 33.2 Å². The van der Waals surface area contributed by atoms with Crippen LogP contribution < -0.4 is 5.43 Å². The summed E-state index contributed by atoms with van der Waals surface area (Å²) < 4.78 is 0. The zero-order chi connectivity index (χ0) is 14.7. The van der Waals surface area contributed by atoms with Crippen LogP contribution in [0.2, 0.25) is 5.15 Å². The summed E-state index contributed by atoms with van der Waals surface area (Å²) in [6.45, 7) is 7.63. The molecule has 1 saturated heterocycles. The third-order valence-electron chi connectivity index (χ3n) is 3.43. The van der Waals surface area contributed by atoms with E-state index in [2.05, 4.69) is 22.4 Å². The summed E-state index contributed by atoms with van der Waals surface area (Å²) in [6, 6.07) is 3.42. The van der Waals surface area contributed by atoms with Gasteiger partial charge in [0.2, 0.25) is 0 Å². The fourth-order valence-corrected chi connectivity index (χ4v) is 2.29. The van der Waals surface area contributed by atoms with E-state index in [1.54, 1.807) is 6.07 Å². The first kappa shape index (κ1) is 15.2. The minimum Gasteiger partial charge on any atom is -0.304 e. The SMILES string of the molecule is CC(C)c1cc(C(=O)NN2CCN(C)CC2)cc(Cl)n1. The lowest BCUT2D eigenvalue weighted by molar-refractivity contribution is 0.0662. The number of carbonyl (C=O) groups is 1. The first-order chi connectivity index (χ1) is 9.45. The lowest BCUT2D eigenvalue weighted by Crippen LogP contribution is -2.52. The van der Waals surface area contributed by atoms with E-state index >= 15 is 0 Å². The molecule has 0 aliphatic carbocycles. The maximum Gasteiger partial charge on any atom is 0.265 e. The van der Waals surface area contributed by atoms with Crippen molar-refractivity contribution in [2.45, 2.75) is 19.8 Å². The number of carbonyl (C=O) groups excluding carboxylic acids is 1. The molecule has 0 unspecified atom stereocenters. The van der Waals surface area contributed by atoms with Crippen LogP contribution in [0.1, 0.15) is 35.8 Å². The number of likely N-dealkylation sites (N-methyl/N-ethyl adjacent to an activating group) is 1. The molecular formula is C14H21ClN4O. The summed E-state index contributed by atoms with van der Waals surface area (Å²) in [6.07, 6.45) is 0. The Hall–Kier alpha value is -1.17. The smallest absolute Gasteiger partial charge is 0.265 e. The van der Waals surface area contributed by atoms with Gasteiger partial charge in [0.25, 0.3) is 5.91 Å². The summed E-state index contributed by atoms with van der Waals surface area (Å²) >= 11 is 5.99. The van der Waals surface area contributed by atoms with Crippen LogP contribution in [-0.4, -0.2) is 54.0 Å². The second kappa shape index (κ2) is 6.52. The van der Waals surface area contributed by atoms with Gasteiger partial charge in [-0.2, -0.15) is 0 Å². The van der Waals surface area contributed by atoms with Gasteiger partial charge >= 0.3 is 0 Å². The van der Waals surface area contributed by atoms with Crippen molar-refractivity contribution in [3.63, 3.8) is 0 Å². The number of nitrogens with zero attached hydrogens (tertiary/aromatic N) is 3. The third kappa shape index (κ3) is 3.91.